The first-order valence-electron chi connectivity index (χ1n) is 7.73. The van der Waals surface area contributed by atoms with Crippen molar-refractivity contribution >= 4 is 17.7 Å². The summed E-state index contributed by atoms with van der Waals surface area (Å²) in [4.78, 5) is 12.2. The van der Waals surface area contributed by atoms with Crippen LogP contribution in [0.15, 0.2) is 48.8 Å². The first-order valence-corrected chi connectivity index (χ1v) is 7.73. The molecule has 1 heterocycles. The zero-order chi connectivity index (χ0) is 18.5. The molecule has 7 nitrogen and oxygen atoms in total. The number of aromatic nitrogens is 4. The molecule has 1 N–H and O–H groups in total. The van der Waals surface area contributed by atoms with E-state index in [0.717, 1.165) is 11.3 Å². The fraction of sp³-hybridized carbons (Fsp3) is 0.111. The van der Waals surface area contributed by atoms with Gasteiger partial charge < -0.3 is 10.1 Å². The second-order valence-electron chi connectivity index (χ2n) is 5.47. The van der Waals surface area contributed by atoms with E-state index in [4.69, 9.17) is 4.74 Å². The van der Waals surface area contributed by atoms with Crippen molar-refractivity contribution in [1.82, 2.24) is 20.2 Å². The molecular formula is C18H16FN5O2. The molecule has 0 aliphatic heterocycles. The Morgan fingerprint density at radius 2 is 2.12 bits per heavy atom. The van der Waals surface area contributed by atoms with Crippen molar-refractivity contribution in [2.45, 2.75) is 6.92 Å². The number of nitrogens with one attached hydrogen (secondary N) is 1. The SMILES string of the molecule is COc1ccc(C=CC(=O)Nc2cc(-n3cnnn3)ccc2C)cc1F. The molecule has 1 amide bonds. The Bertz CT molecular complexity index is 954. The van der Waals surface area contributed by atoms with Gasteiger partial charge in [0.25, 0.3) is 0 Å². The molecule has 2 aromatic carbocycles. The molecule has 3 aromatic rings. The molecule has 3 rings (SSSR count). The van der Waals surface area contributed by atoms with Gasteiger partial charge in [-0.3, -0.25) is 4.79 Å². The van der Waals surface area contributed by atoms with Crippen LogP contribution in [0.25, 0.3) is 11.8 Å². The summed E-state index contributed by atoms with van der Waals surface area (Å²) in [5, 5.41) is 13.8. The number of carbonyl (C=O) groups excluding carboxylic acids is 1. The molecule has 0 aliphatic carbocycles. The summed E-state index contributed by atoms with van der Waals surface area (Å²) in [5.41, 5.74) is 2.79. The summed E-state index contributed by atoms with van der Waals surface area (Å²) in [5.74, 6) is -0.667. The second-order valence-corrected chi connectivity index (χ2v) is 5.47. The lowest BCUT2D eigenvalue weighted by Crippen LogP contribution is -2.09. The highest BCUT2D eigenvalue weighted by Gasteiger charge is 2.06. The molecule has 0 aliphatic rings. The van der Waals surface area contributed by atoms with Gasteiger partial charge in [-0.2, -0.15) is 0 Å². The van der Waals surface area contributed by atoms with Crippen molar-refractivity contribution in [1.29, 1.82) is 0 Å². The number of rotatable bonds is 5. The molecule has 0 atom stereocenters. The minimum Gasteiger partial charge on any atom is -0.494 e. The van der Waals surface area contributed by atoms with Gasteiger partial charge >= 0.3 is 0 Å². The standard InChI is InChI=1S/C18H16FN5O2/c1-12-3-6-14(24-11-20-22-23-24)10-16(12)21-18(25)8-5-13-4-7-17(26-2)15(19)9-13/h3-11H,1-2H3,(H,21,25). The number of amides is 1. The van der Waals surface area contributed by atoms with E-state index in [9.17, 15) is 9.18 Å². The molecule has 1 aromatic heterocycles. The van der Waals surface area contributed by atoms with Crippen LogP contribution >= 0.6 is 0 Å². The number of anilines is 1. The Labute approximate surface area is 149 Å². The second kappa shape index (κ2) is 7.56. The van der Waals surface area contributed by atoms with Crippen molar-refractivity contribution in [3.8, 4) is 11.4 Å². The molecule has 132 valence electrons. The van der Waals surface area contributed by atoms with Gasteiger partial charge in [0.05, 0.1) is 12.8 Å². The predicted molar refractivity (Wildman–Crippen MR) is 94.5 cm³/mol. The van der Waals surface area contributed by atoms with Crippen molar-refractivity contribution in [3.63, 3.8) is 0 Å². The Morgan fingerprint density at radius 3 is 2.81 bits per heavy atom. The Morgan fingerprint density at radius 1 is 1.27 bits per heavy atom. The molecule has 0 saturated carbocycles. The topological polar surface area (TPSA) is 81.9 Å². The summed E-state index contributed by atoms with van der Waals surface area (Å²) in [7, 11) is 1.40. The summed E-state index contributed by atoms with van der Waals surface area (Å²) in [6.45, 7) is 1.88. The molecule has 0 bridgehead atoms. The van der Waals surface area contributed by atoms with Gasteiger partial charge in [0.1, 0.15) is 6.33 Å². The average molecular weight is 353 g/mol. The highest BCUT2D eigenvalue weighted by Crippen LogP contribution is 2.20. The fourth-order valence-corrected chi connectivity index (χ4v) is 2.30. The Kier molecular flexibility index (Phi) is 5.02. The number of benzene rings is 2. The maximum atomic E-state index is 13.7. The minimum absolute atomic E-state index is 0.154. The Balaban J connectivity index is 1.73. The Hall–Kier alpha value is -3.55. The zero-order valence-corrected chi connectivity index (χ0v) is 14.2. The van der Waals surface area contributed by atoms with Crippen LogP contribution in [0.3, 0.4) is 0 Å². The van der Waals surface area contributed by atoms with E-state index in [1.165, 1.54) is 42.4 Å². The molecule has 26 heavy (non-hydrogen) atoms. The van der Waals surface area contributed by atoms with E-state index in [1.54, 1.807) is 12.1 Å². The van der Waals surface area contributed by atoms with Gasteiger partial charge in [-0.25, -0.2) is 9.07 Å². The molecule has 0 saturated heterocycles. The van der Waals surface area contributed by atoms with Gasteiger partial charge in [-0.05, 0) is 58.8 Å². The van der Waals surface area contributed by atoms with E-state index in [-0.39, 0.29) is 11.7 Å². The largest absolute Gasteiger partial charge is 0.494 e. The van der Waals surface area contributed by atoms with Crippen molar-refractivity contribution in [2.75, 3.05) is 12.4 Å². The van der Waals surface area contributed by atoms with Crippen LogP contribution in [-0.4, -0.2) is 33.2 Å². The number of ether oxygens (including phenoxy) is 1. The van der Waals surface area contributed by atoms with E-state index < -0.39 is 5.82 Å². The van der Waals surface area contributed by atoms with Crippen molar-refractivity contribution in [3.05, 3.63) is 65.7 Å². The zero-order valence-electron chi connectivity index (χ0n) is 14.2. The van der Waals surface area contributed by atoms with E-state index in [1.807, 2.05) is 19.1 Å². The number of hydrogen-bond donors (Lipinski definition) is 1. The minimum atomic E-state index is -0.486. The molecule has 0 unspecified atom stereocenters. The maximum absolute atomic E-state index is 13.7. The highest BCUT2D eigenvalue weighted by molar-refractivity contribution is 6.02. The van der Waals surface area contributed by atoms with Crippen LogP contribution in [0.5, 0.6) is 5.75 Å². The van der Waals surface area contributed by atoms with Gasteiger partial charge in [-0.1, -0.05) is 12.1 Å². The summed E-state index contributed by atoms with van der Waals surface area (Å²) >= 11 is 0. The molecule has 8 heteroatoms. The van der Waals surface area contributed by atoms with Crippen molar-refractivity contribution < 1.29 is 13.9 Å². The van der Waals surface area contributed by atoms with Crippen molar-refractivity contribution in [2.24, 2.45) is 0 Å². The fourth-order valence-electron chi connectivity index (χ4n) is 2.30. The summed E-state index contributed by atoms with van der Waals surface area (Å²) < 4.78 is 20.0. The first kappa shape index (κ1) is 17.3. The van der Waals surface area contributed by atoms with E-state index in [2.05, 4.69) is 20.8 Å². The number of halogens is 1. The lowest BCUT2D eigenvalue weighted by molar-refractivity contribution is -0.111. The maximum Gasteiger partial charge on any atom is 0.248 e. The third-order valence-electron chi connectivity index (χ3n) is 3.70. The third kappa shape index (κ3) is 3.92. The first-order chi connectivity index (χ1) is 12.6. The van der Waals surface area contributed by atoms with Gasteiger partial charge in [-0.15, -0.1) is 5.10 Å². The van der Waals surface area contributed by atoms with E-state index in [0.29, 0.717) is 11.3 Å². The van der Waals surface area contributed by atoms with Crippen LogP contribution in [0.1, 0.15) is 11.1 Å². The normalized spacial score (nSPS) is 10.9. The van der Waals surface area contributed by atoms with Crippen LogP contribution in [0.2, 0.25) is 0 Å². The molecular weight excluding hydrogens is 337 g/mol. The number of tetrazole rings is 1. The number of carbonyl (C=O) groups is 1. The third-order valence-corrected chi connectivity index (χ3v) is 3.70. The lowest BCUT2D eigenvalue weighted by atomic mass is 10.1. The molecule has 0 spiro atoms. The summed E-state index contributed by atoms with van der Waals surface area (Å²) in [6, 6.07) is 9.94. The number of methoxy groups -OCH3 is 1. The number of nitrogens with zero attached hydrogens (tertiary/aromatic N) is 4. The average Bonchev–Trinajstić information content (AvgIpc) is 3.16. The van der Waals surface area contributed by atoms with Gasteiger partial charge in [0.2, 0.25) is 5.91 Å². The van der Waals surface area contributed by atoms with Crippen LogP contribution in [-0.2, 0) is 4.79 Å². The van der Waals surface area contributed by atoms with Gasteiger partial charge in [0, 0.05) is 11.8 Å². The molecule has 0 fully saturated rings. The monoisotopic (exact) mass is 353 g/mol. The number of aryl methyl sites for hydroxylation is 1. The molecule has 0 radical (unpaired) electrons. The van der Waals surface area contributed by atoms with E-state index >= 15 is 0 Å². The van der Waals surface area contributed by atoms with Crippen LogP contribution in [0.4, 0.5) is 10.1 Å². The lowest BCUT2D eigenvalue weighted by Gasteiger charge is -2.09. The smallest absolute Gasteiger partial charge is 0.248 e. The van der Waals surface area contributed by atoms with Crippen LogP contribution in [0, 0.1) is 12.7 Å². The van der Waals surface area contributed by atoms with Crippen LogP contribution < -0.4 is 10.1 Å². The predicted octanol–water partition coefficient (Wildman–Crippen LogP) is 2.77. The number of hydrogen-bond acceptors (Lipinski definition) is 5. The highest BCUT2D eigenvalue weighted by atomic mass is 19.1. The summed E-state index contributed by atoms with van der Waals surface area (Å²) in [6.07, 6.45) is 4.33. The quantitative estimate of drug-likeness (QED) is 0.713. The van der Waals surface area contributed by atoms with Gasteiger partial charge in [0.15, 0.2) is 11.6 Å².